The fourth-order valence-electron chi connectivity index (χ4n) is 2.56. The number of benzene rings is 1. The van der Waals surface area contributed by atoms with Crippen LogP contribution in [0, 0.1) is 11.6 Å². The Morgan fingerprint density at radius 1 is 1.20 bits per heavy atom. The van der Waals surface area contributed by atoms with Crippen LogP contribution in [0.4, 0.5) is 14.6 Å². The smallest absolute Gasteiger partial charge is 0.161 e. The summed E-state index contributed by atoms with van der Waals surface area (Å²) in [5.74, 6) is -0.491. The molecule has 1 saturated heterocycles. The van der Waals surface area contributed by atoms with Gasteiger partial charge in [0, 0.05) is 24.3 Å². The van der Waals surface area contributed by atoms with Crippen LogP contribution < -0.4 is 4.90 Å². The van der Waals surface area contributed by atoms with Crippen LogP contribution in [-0.4, -0.2) is 22.6 Å². The summed E-state index contributed by atoms with van der Waals surface area (Å²) in [5, 5.41) is 0. The molecule has 0 radical (unpaired) electrons. The van der Waals surface area contributed by atoms with Gasteiger partial charge in [0.2, 0.25) is 0 Å². The van der Waals surface area contributed by atoms with Crippen molar-refractivity contribution in [2.75, 3.05) is 11.4 Å². The van der Waals surface area contributed by atoms with Crippen LogP contribution in [0.25, 0.3) is 11.4 Å². The first kappa shape index (κ1) is 13.0. The zero-order valence-corrected chi connectivity index (χ0v) is 11.2. The van der Waals surface area contributed by atoms with Gasteiger partial charge in [0.05, 0.1) is 0 Å². The molecule has 0 N–H and O–H groups in total. The average Bonchev–Trinajstić information content (AvgIpc) is 2.88. The summed E-state index contributed by atoms with van der Waals surface area (Å²) < 4.78 is 26.3. The summed E-state index contributed by atoms with van der Waals surface area (Å²) in [4.78, 5) is 10.8. The lowest BCUT2D eigenvalue weighted by atomic mass is 10.2. The number of rotatable bonds is 2. The van der Waals surface area contributed by atoms with Gasteiger partial charge in [0.1, 0.15) is 5.82 Å². The molecule has 3 rings (SSSR count). The standard InChI is InChI=1S/C15H15F2N3/c1-10-3-2-8-20(10)14-6-7-18-15(19-14)11-4-5-12(16)13(17)9-11/h4-7,9-10H,2-3,8H2,1H3/t10-/m1/s1. The fraction of sp³-hybridized carbons (Fsp3) is 0.333. The molecule has 1 aromatic carbocycles. The van der Waals surface area contributed by atoms with E-state index < -0.39 is 11.6 Å². The first-order valence-corrected chi connectivity index (χ1v) is 6.70. The third-order valence-electron chi connectivity index (χ3n) is 3.67. The molecule has 0 spiro atoms. The van der Waals surface area contributed by atoms with E-state index in [9.17, 15) is 8.78 Å². The Labute approximate surface area is 116 Å². The van der Waals surface area contributed by atoms with Crippen molar-refractivity contribution < 1.29 is 8.78 Å². The molecule has 1 aliphatic heterocycles. The Hall–Kier alpha value is -2.04. The van der Waals surface area contributed by atoms with E-state index in [1.54, 1.807) is 6.20 Å². The second-order valence-electron chi connectivity index (χ2n) is 5.05. The fourth-order valence-corrected chi connectivity index (χ4v) is 2.56. The van der Waals surface area contributed by atoms with Crippen molar-refractivity contribution in [1.82, 2.24) is 9.97 Å². The third-order valence-corrected chi connectivity index (χ3v) is 3.67. The number of aromatic nitrogens is 2. The highest BCUT2D eigenvalue weighted by molar-refractivity contribution is 5.57. The van der Waals surface area contributed by atoms with Gasteiger partial charge in [-0.3, -0.25) is 0 Å². The largest absolute Gasteiger partial charge is 0.354 e. The lowest BCUT2D eigenvalue weighted by Gasteiger charge is -2.22. The molecule has 2 heterocycles. The lowest BCUT2D eigenvalue weighted by molar-refractivity contribution is 0.509. The molecule has 2 aromatic rings. The van der Waals surface area contributed by atoms with Crippen LogP contribution in [0.15, 0.2) is 30.5 Å². The summed E-state index contributed by atoms with van der Waals surface area (Å²) in [7, 11) is 0. The van der Waals surface area contributed by atoms with Crippen LogP contribution in [0.2, 0.25) is 0 Å². The summed E-state index contributed by atoms with van der Waals surface area (Å²) in [6.07, 6.45) is 3.94. The van der Waals surface area contributed by atoms with Crippen molar-refractivity contribution in [1.29, 1.82) is 0 Å². The maximum Gasteiger partial charge on any atom is 0.161 e. The van der Waals surface area contributed by atoms with Crippen molar-refractivity contribution in [2.45, 2.75) is 25.8 Å². The highest BCUT2D eigenvalue weighted by atomic mass is 19.2. The minimum absolute atomic E-state index is 0.417. The summed E-state index contributed by atoms with van der Waals surface area (Å²) in [6, 6.07) is 6.01. The van der Waals surface area contributed by atoms with Gasteiger partial charge in [-0.1, -0.05) is 0 Å². The zero-order valence-electron chi connectivity index (χ0n) is 11.2. The van der Waals surface area contributed by atoms with Crippen molar-refractivity contribution in [2.24, 2.45) is 0 Å². The molecule has 0 saturated carbocycles. The lowest BCUT2D eigenvalue weighted by Crippen LogP contribution is -2.27. The molecule has 0 bridgehead atoms. The van der Waals surface area contributed by atoms with E-state index in [-0.39, 0.29) is 0 Å². The van der Waals surface area contributed by atoms with Crippen molar-refractivity contribution in [3.8, 4) is 11.4 Å². The Kier molecular flexibility index (Phi) is 3.34. The number of nitrogens with zero attached hydrogens (tertiary/aromatic N) is 3. The van der Waals surface area contributed by atoms with Crippen molar-refractivity contribution >= 4 is 5.82 Å². The quantitative estimate of drug-likeness (QED) is 0.841. The van der Waals surface area contributed by atoms with Gasteiger partial charge >= 0.3 is 0 Å². The van der Waals surface area contributed by atoms with E-state index in [0.29, 0.717) is 17.4 Å². The van der Waals surface area contributed by atoms with Crippen LogP contribution >= 0.6 is 0 Å². The molecule has 1 aliphatic rings. The normalized spacial score (nSPS) is 18.6. The predicted octanol–water partition coefficient (Wildman–Crippen LogP) is 3.41. The highest BCUT2D eigenvalue weighted by Crippen LogP contribution is 2.25. The molecule has 1 fully saturated rings. The third kappa shape index (κ3) is 2.35. The molecule has 104 valence electrons. The highest BCUT2D eigenvalue weighted by Gasteiger charge is 2.22. The molecule has 5 heteroatoms. The minimum atomic E-state index is -0.883. The van der Waals surface area contributed by atoms with Gasteiger partial charge in [0.25, 0.3) is 0 Å². The van der Waals surface area contributed by atoms with Crippen LogP contribution in [0.1, 0.15) is 19.8 Å². The Morgan fingerprint density at radius 3 is 2.75 bits per heavy atom. The Balaban J connectivity index is 1.96. The van der Waals surface area contributed by atoms with Gasteiger partial charge < -0.3 is 4.90 Å². The van der Waals surface area contributed by atoms with Gasteiger partial charge in [-0.25, -0.2) is 18.7 Å². The first-order valence-electron chi connectivity index (χ1n) is 6.70. The van der Waals surface area contributed by atoms with Gasteiger partial charge in [-0.15, -0.1) is 0 Å². The second kappa shape index (κ2) is 5.15. The first-order chi connectivity index (χ1) is 9.65. The Morgan fingerprint density at radius 2 is 2.05 bits per heavy atom. The zero-order chi connectivity index (χ0) is 14.1. The van der Waals surface area contributed by atoms with E-state index in [0.717, 1.165) is 37.3 Å². The molecular formula is C15H15F2N3. The monoisotopic (exact) mass is 275 g/mol. The van der Waals surface area contributed by atoms with E-state index in [4.69, 9.17) is 0 Å². The molecule has 0 unspecified atom stereocenters. The average molecular weight is 275 g/mol. The van der Waals surface area contributed by atoms with Crippen LogP contribution in [0.3, 0.4) is 0 Å². The summed E-state index contributed by atoms with van der Waals surface area (Å²) in [6.45, 7) is 3.13. The number of hydrogen-bond acceptors (Lipinski definition) is 3. The molecule has 0 aliphatic carbocycles. The number of anilines is 1. The van der Waals surface area contributed by atoms with E-state index in [1.165, 1.54) is 6.07 Å². The topological polar surface area (TPSA) is 29.0 Å². The molecule has 20 heavy (non-hydrogen) atoms. The summed E-state index contributed by atoms with van der Waals surface area (Å²) in [5.41, 5.74) is 0.484. The maximum absolute atomic E-state index is 13.3. The van der Waals surface area contributed by atoms with Crippen molar-refractivity contribution in [3.63, 3.8) is 0 Å². The van der Waals surface area contributed by atoms with Gasteiger partial charge in [-0.2, -0.15) is 0 Å². The SMILES string of the molecule is C[C@@H]1CCCN1c1ccnc(-c2ccc(F)c(F)c2)n1. The van der Waals surface area contributed by atoms with E-state index in [2.05, 4.69) is 21.8 Å². The Bertz CT molecular complexity index is 630. The van der Waals surface area contributed by atoms with Gasteiger partial charge in [0.15, 0.2) is 17.5 Å². The van der Waals surface area contributed by atoms with Crippen LogP contribution in [0.5, 0.6) is 0 Å². The molecule has 3 nitrogen and oxygen atoms in total. The molecule has 1 atom stereocenters. The van der Waals surface area contributed by atoms with Crippen LogP contribution in [-0.2, 0) is 0 Å². The van der Waals surface area contributed by atoms with Gasteiger partial charge in [-0.05, 0) is 44.0 Å². The minimum Gasteiger partial charge on any atom is -0.354 e. The van der Waals surface area contributed by atoms with Crippen molar-refractivity contribution in [3.05, 3.63) is 42.1 Å². The second-order valence-corrected chi connectivity index (χ2v) is 5.05. The molecular weight excluding hydrogens is 260 g/mol. The van der Waals surface area contributed by atoms with E-state index >= 15 is 0 Å². The van der Waals surface area contributed by atoms with E-state index in [1.807, 2.05) is 6.07 Å². The summed E-state index contributed by atoms with van der Waals surface area (Å²) >= 11 is 0. The number of halogens is 2. The molecule has 1 aromatic heterocycles. The maximum atomic E-state index is 13.3. The molecule has 0 amide bonds. The predicted molar refractivity (Wildman–Crippen MR) is 73.4 cm³/mol. The number of hydrogen-bond donors (Lipinski definition) is 0.